The Morgan fingerprint density at radius 2 is 1.89 bits per heavy atom. The van der Waals surface area contributed by atoms with Crippen molar-refractivity contribution in [1.29, 1.82) is 0 Å². The maximum Gasteiger partial charge on any atom is 0.278 e. The minimum Gasteiger partial charge on any atom is -0.267 e. The van der Waals surface area contributed by atoms with Gasteiger partial charge in [0.05, 0.1) is 17.2 Å². The van der Waals surface area contributed by atoms with Crippen molar-refractivity contribution < 1.29 is 13.2 Å². The minimum atomic E-state index is -3.06. The maximum atomic E-state index is 12.1. The Morgan fingerprint density at radius 1 is 1.17 bits per heavy atom. The number of hydrogen-bond donors (Lipinski definition) is 0. The fourth-order valence-electron chi connectivity index (χ4n) is 2.00. The number of hydrogen-bond acceptors (Lipinski definition) is 4. The summed E-state index contributed by atoms with van der Waals surface area (Å²) in [6.07, 6.45) is 1.51. The number of carbonyl (C=O) groups excluding carboxylic acids is 1. The van der Waals surface area contributed by atoms with Gasteiger partial charge in [0, 0.05) is 17.3 Å². The number of aromatic nitrogens is 2. The first-order chi connectivity index (χ1) is 8.55. The summed E-state index contributed by atoms with van der Waals surface area (Å²) in [5.41, 5.74) is 1.64. The molecule has 0 saturated heterocycles. The molecule has 0 unspecified atom stereocenters. The first-order valence-corrected chi connectivity index (χ1v) is 7.25. The van der Waals surface area contributed by atoms with E-state index in [1.165, 1.54) is 10.9 Å². The van der Waals surface area contributed by atoms with Crippen molar-refractivity contribution in [2.24, 2.45) is 0 Å². The lowest BCUT2D eigenvalue weighted by molar-refractivity contribution is 0.0944. The highest BCUT2D eigenvalue weighted by Crippen LogP contribution is 2.23. The quantitative estimate of drug-likeness (QED) is 0.768. The van der Waals surface area contributed by atoms with Gasteiger partial charge in [-0.2, -0.15) is 5.10 Å². The monoisotopic (exact) mass is 262 g/mol. The van der Waals surface area contributed by atoms with Crippen molar-refractivity contribution in [2.75, 3.05) is 0 Å². The first kappa shape index (κ1) is 11.2. The third-order valence-electron chi connectivity index (χ3n) is 2.84. The Bertz CT molecular complexity index is 688. The topological polar surface area (TPSA) is 69.0 Å². The van der Waals surface area contributed by atoms with Crippen LogP contribution in [0.3, 0.4) is 0 Å². The van der Waals surface area contributed by atoms with Crippen LogP contribution in [0.15, 0.2) is 36.5 Å². The number of nitrogens with zero attached hydrogens (tertiary/aromatic N) is 2. The lowest BCUT2D eigenvalue weighted by Crippen LogP contribution is -2.13. The normalized spacial score (nSPS) is 16.4. The molecule has 0 aliphatic carbocycles. The van der Waals surface area contributed by atoms with Gasteiger partial charge in [-0.05, 0) is 12.1 Å². The van der Waals surface area contributed by atoms with Gasteiger partial charge in [-0.15, -0.1) is 0 Å². The van der Waals surface area contributed by atoms with Crippen LogP contribution in [0.4, 0.5) is 0 Å². The lowest BCUT2D eigenvalue weighted by Gasteiger charge is -2.00. The van der Waals surface area contributed by atoms with Gasteiger partial charge in [-0.1, -0.05) is 18.2 Å². The smallest absolute Gasteiger partial charge is 0.267 e. The molecule has 1 aromatic carbocycles. The molecule has 0 radical (unpaired) electrons. The van der Waals surface area contributed by atoms with Crippen molar-refractivity contribution in [2.45, 2.75) is 11.5 Å². The molecule has 0 saturated carbocycles. The van der Waals surface area contributed by atoms with Crippen LogP contribution in [0.1, 0.15) is 21.6 Å². The van der Waals surface area contributed by atoms with Gasteiger partial charge in [0.2, 0.25) is 0 Å². The summed E-state index contributed by atoms with van der Waals surface area (Å²) in [5.74, 6) is -0.343. The van der Waals surface area contributed by atoms with E-state index in [0.29, 0.717) is 16.8 Å². The highest BCUT2D eigenvalue weighted by Gasteiger charge is 2.29. The molecule has 6 heteroatoms. The van der Waals surface area contributed by atoms with Crippen LogP contribution in [0.2, 0.25) is 0 Å². The van der Waals surface area contributed by atoms with Crippen LogP contribution in [0.25, 0.3) is 0 Å². The van der Waals surface area contributed by atoms with Gasteiger partial charge in [0.15, 0.2) is 9.84 Å². The fourth-order valence-corrected chi connectivity index (χ4v) is 3.48. The molecule has 3 rings (SSSR count). The average molecular weight is 262 g/mol. The molecule has 0 atom stereocenters. The number of benzene rings is 1. The van der Waals surface area contributed by atoms with E-state index in [0.717, 1.165) is 0 Å². The van der Waals surface area contributed by atoms with Crippen molar-refractivity contribution in [3.8, 4) is 0 Å². The van der Waals surface area contributed by atoms with Crippen molar-refractivity contribution in [3.05, 3.63) is 53.3 Å². The van der Waals surface area contributed by atoms with Crippen LogP contribution in [-0.4, -0.2) is 24.1 Å². The van der Waals surface area contributed by atoms with Crippen molar-refractivity contribution in [1.82, 2.24) is 9.78 Å². The second kappa shape index (κ2) is 3.78. The molecule has 92 valence electrons. The van der Waals surface area contributed by atoms with E-state index in [-0.39, 0.29) is 17.4 Å². The largest absolute Gasteiger partial charge is 0.278 e. The molecule has 1 aromatic heterocycles. The number of fused-ring (bicyclic) bond motifs is 1. The summed E-state index contributed by atoms with van der Waals surface area (Å²) in [5, 5.41) is 4.05. The molecule has 0 fully saturated rings. The van der Waals surface area contributed by atoms with Crippen LogP contribution >= 0.6 is 0 Å². The molecule has 5 nitrogen and oxygen atoms in total. The molecular weight excluding hydrogens is 252 g/mol. The molecule has 0 amide bonds. The number of carbonyl (C=O) groups is 1. The molecule has 2 heterocycles. The molecule has 1 aliphatic heterocycles. The van der Waals surface area contributed by atoms with Gasteiger partial charge in [0.25, 0.3) is 5.91 Å². The van der Waals surface area contributed by atoms with E-state index in [1.807, 2.05) is 6.07 Å². The first-order valence-electron chi connectivity index (χ1n) is 5.43. The standard InChI is InChI=1S/C12H10N2O3S/c15-12(9-4-2-1-3-5-9)14-6-10-7-18(16,17)8-11(10)13-14/h1-6H,7-8H2. The lowest BCUT2D eigenvalue weighted by atomic mass is 10.2. The number of sulfone groups is 1. The molecule has 0 spiro atoms. The van der Waals surface area contributed by atoms with E-state index >= 15 is 0 Å². The second-order valence-corrected chi connectivity index (χ2v) is 6.31. The summed E-state index contributed by atoms with van der Waals surface area (Å²) in [7, 11) is -3.06. The van der Waals surface area contributed by atoms with E-state index in [4.69, 9.17) is 0 Å². The Hall–Kier alpha value is -1.95. The highest BCUT2D eigenvalue weighted by atomic mass is 32.2. The van der Waals surface area contributed by atoms with E-state index in [2.05, 4.69) is 5.10 Å². The van der Waals surface area contributed by atoms with Crippen LogP contribution in [0, 0.1) is 0 Å². The predicted octanol–water partition coefficient (Wildman–Crippen LogP) is 1.000. The maximum absolute atomic E-state index is 12.1. The zero-order valence-corrected chi connectivity index (χ0v) is 10.2. The van der Waals surface area contributed by atoms with Gasteiger partial charge in [0.1, 0.15) is 0 Å². The number of rotatable bonds is 1. The van der Waals surface area contributed by atoms with Crippen molar-refractivity contribution in [3.63, 3.8) is 0 Å². The molecule has 2 aromatic rings. The average Bonchev–Trinajstić information content (AvgIpc) is 2.82. The van der Waals surface area contributed by atoms with Crippen LogP contribution in [-0.2, 0) is 21.3 Å². The van der Waals surface area contributed by atoms with Gasteiger partial charge in [-0.3, -0.25) is 4.79 Å². The summed E-state index contributed by atoms with van der Waals surface area (Å²) < 4.78 is 23.9. The van der Waals surface area contributed by atoms with E-state index in [1.54, 1.807) is 24.3 Å². The summed E-state index contributed by atoms with van der Waals surface area (Å²) in [6, 6.07) is 8.77. The predicted molar refractivity (Wildman–Crippen MR) is 64.7 cm³/mol. The Labute approximate surface area is 104 Å². The third kappa shape index (κ3) is 1.84. The summed E-state index contributed by atoms with van der Waals surface area (Å²) in [6.45, 7) is 0. The third-order valence-corrected chi connectivity index (χ3v) is 4.30. The van der Waals surface area contributed by atoms with Gasteiger partial charge in [-0.25, -0.2) is 13.1 Å². The zero-order valence-electron chi connectivity index (χ0n) is 9.41. The van der Waals surface area contributed by atoms with Crippen LogP contribution < -0.4 is 0 Å². The second-order valence-electron chi connectivity index (χ2n) is 4.25. The molecule has 1 aliphatic rings. The van der Waals surface area contributed by atoms with Crippen molar-refractivity contribution >= 4 is 15.7 Å². The van der Waals surface area contributed by atoms with Gasteiger partial charge >= 0.3 is 0 Å². The van der Waals surface area contributed by atoms with E-state index in [9.17, 15) is 13.2 Å². The Morgan fingerprint density at radius 3 is 2.56 bits per heavy atom. The Balaban J connectivity index is 1.95. The molecule has 0 bridgehead atoms. The van der Waals surface area contributed by atoms with E-state index < -0.39 is 9.84 Å². The minimum absolute atomic E-state index is 0.0234. The highest BCUT2D eigenvalue weighted by molar-refractivity contribution is 7.90. The molecule has 18 heavy (non-hydrogen) atoms. The zero-order chi connectivity index (χ0) is 12.8. The Kier molecular flexibility index (Phi) is 2.34. The summed E-state index contributed by atoms with van der Waals surface area (Å²) >= 11 is 0. The van der Waals surface area contributed by atoms with Gasteiger partial charge < -0.3 is 0 Å². The SMILES string of the molecule is O=C(c1ccccc1)n1cc2c(n1)CS(=O)(=O)C2. The van der Waals surface area contributed by atoms with Crippen LogP contribution in [0.5, 0.6) is 0 Å². The fraction of sp³-hybridized carbons (Fsp3) is 0.167. The molecule has 0 N–H and O–H groups in total. The molecular formula is C12H10N2O3S. The summed E-state index contributed by atoms with van der Waals surface area (Å²) in [4.78, 5) is 12.1.